The average molecular weight is 435 g/mol. The minimum Gasteiger partial charge on any atom is -0.484 e. The van der Waals surface area contributed by atoms with Gasteiger partial charge in [-0.1, -0.05) is 37.3 Å². The van der Waals surface area contributed by atoms with Gasteiger partial charge in [0.2, 0.25) is 0 Å². The van der Waals surface area contributed by atoms with E-state index in [1.54, 1.807) is 4.57 Å². The van der Waals surface area contributed by atoms with Crippen LogP contribution in [0, 0.1) is 0 Å². The normalized spacial score (nSPS) is 15.6. The summed E-state index contributed by atoms with van der Waals surface area (Å²) in [7, 11) is 0. The fourth-order valence-electron chi connectivity index (χ4n) is 4.39. The molecule has 3 aromatic rings. The molecule has 1 atom stereocenters. The maximum absolute atomic E-state index is 13.1. The Balaban J connectivity index is 1.45. The van der Waals surface area contributed by atoms with Crippen molar-refractivity contribution >= 4 is 16.8 Å². The van der Waals surface area contributed by atoms with E-state index in [9.17, 15) is 9.59 Å². The van der Waals surface area contributed by atoms with Crippen molar-refractivity contribution in [1.29, 1.82) is 0 Å². The quantitative estimate of drug-likeness (QED) is 0.572. The number of carbonyl (C=O) groups excluding carboxylic acids is 1. The molecule has 32 heavy (non-hydrogen) atoms. The van der Waals surface area contributed by atoms with Crippen molar-refractivity contribution in [3.63, 3.8) is 0 Å². The summed E-state index contributed by atoms with van der Waals surface area (Å²) in [6.45, 7) is 7.48. The summed E-state index contributed by atoms with van der Waals surface area (Å²) in [5.41, 5.74) is 0.751. The first-order valence-corrected chi connectivity index (χ1v) is 11.3. The van der Waals surface area contributed by atoms with Crippen LogP contribution in [0.5, 0.6) is 5.75 Å². The number of ether oxygens (including phenoxy) is 1. The largest absolute Gasteiger partial charge is 0.484 e. The van der Waals surface area contributed by atoms with Crippen LogP contribution in [0.15, 0.2) is 59.4 Å². The van der Waals surface area contributed by atoms with Crippen LogP contribution < -0.4 is 10.3 Å². The number of amides is 1. The highest BCUT2D eigenvalue weighted by Crippen LogP contribution is 2.25. The zero-order chi connectivity index (χ0) is 22.5. The number of nitrogens with zero attached hydrogens (tertiary/aromatic N) is 4. The van der Waals surface area contributed by atoms with E-state index in [1.807, 2.05) is 66.4 Å². The molecule has 0 radical (unpaired) electrons. The van der Waals surface area contributed by atoms with Crippen molar-refractivity contribution in [1.82, 2.24) is 19.4 Å². The third kappa shape index (κ3) is 4.53. The molecule has 1 aliphatic heterocycles. The molecule has 4 rings (SSSR count). The van der Waals surface area contributed by atoms with Crippen LogP contribution in [0.1, 0.15) is 32.1 Å². The van der Waals surface area contributed by atoms with Gasteiger partial charge in [-0.2, -0.15) is 0 Å². The van der Waals surface area contributed by atoms with E-state index in [-0.39, 0.29) is 24.1 Å². The highest BCUT2D eigenvalue weighted by Gasteiger charge is 2.29. The molecule has 1 saturated heterocycles. The molecular weight excluding hydrogens is 404 g/mol. The van der Waals surface area contributed by atoms with Crippen molar-refractivity contribution in [2.24, 2.45) is 0 Å². The van der Waals surface area contributed by atoms with E-state index >= 15 is 0 Å². The predicted molar refractivity (Wildman–Crippen MR) is 125 cm³/mol. The number of aromatic nitrogens is 2. The maximum atomic E-state index is 13.1. The Hall–Kier alpha value is -3.19. The van der Waals surface area contributed by atoms with E-state index in [2.05, 4.69) is 11.8 Å². The minimum absolute atomic E-state index is 0.00384. The number of carbonyl (C=O) groups is 1. The Labute approximate surface area is 188 Å². The number of piperazine rings is 1. The second-order valence-electron chi connectivity index (χ2n) is 7.98. The molecule has 1 fully saturated rings. The van der Waals surface area contributed by atoms with Crippen LogP contribution in [0.25, 0.3) is 10.9 Å². The van der Waals surface area contributed by atoms with Crippen LogP contribution in [0.2, 0.25) is 0 Å². The first-order valence-electron chi connectivity index (χ1n) is 11.3. The van der Waals surface area contributed by atoms with Gasteiger partial charge in [0.05, 0.1) is 16.9 Å². The molecule has 1 unspecified atom stereocenters. The summed E-state index contributed by atoms with van der Waals surface area (Å²) in [6.07, 6.45) is 0.843. The number of fused-ring (bicyclic) bond motifs is 1. The van der Waals surface area contributed by atoms with Crippen LogP contribution in [0.3, 0.4) is 0 Å². The Morgan fingerprint density at radius 1 is 1.00 bits per heavy atom. The van der Waals surface area contributed by atoms with Crippen LogP contribution in [-0.4, -0.2) is 58.0 Å². The fourth-order valence-corrected chi connectivity index (χ4v) is 4.39. The number of benzene rings is 2. The topological polar surface area (TPSA) is 67.7 Å². The van der Waals surface area contributed by atoms with Crippen LogP contribution in [0.4, 0.5) is 0 Å². The van der Waals surface area contributed by atoms with Crippen molar-refractivity contribution in [3.8, 4) is 5.75 Å². The zero-order valence-corrected chi connectivity index (χ0v) is 18.7. The molecule has 2 heterocycles. The molecule has 7 heteroatoms. The lowest BCUT2D eigenvalue weighted by Crippen LogP contribution is -2.51. The standard InChI is InChI=1S/C25H30N4O3/c1-3-22(24-26-21-13-9-8-12-20(21)25(31)29(24)4-2)27-14-16-28(17-15-27)23(30)18-32-19-10-6-5-7-11-19/h5-13,22H,3-4,14-18H2,1-2H3. The molecular formula is C25H30N4O3. The maximum Gasteiger partial charge on any atom is 0.261 e. The summed E-state index contributed by atoms with van der Waals surface area (Å²) in [5.74, 6) is 1.51. The van der Waals surface area contributed by atoms with E-state index in [1.165, 1.54) is 0 Å². The summed E-state index contributed by atoms with van der Waals surface area (Å²) >= 11 is 0. The molecule has 1 amide bonds. The molecule has 0 aliphatic carbocycles. The Kier molecular flexibility index (Phi) is 6.85. The number of hydrogen-bond acceptors (Lipinski definition) is 5. The minimum atomic E-state index is -0.00384. The van der Waals surface area contributed by atoms with Crippen molar-refractivity contribution in [3.05, 3.63) is 70.8 Å². The number of rotatable bonds is 7. The SMILES string of the molecule is CCC(c1nc2ccccc2c(=O)n1CC)N1CCN(C(=O)COc2ccccc2)CC1. The lowest BCUT2D eigenvalue weighted by atomic mass is 10.1. The summed E-state index contributed by atoms with van der Waals surface area (Å²) < 4.78 is 7.41. The van der Waals surface area contributed by atoms with Gasteiger partial charge in [0.25, 0.3) is 11.5 Å². The summed E-state index contributed by atoms with van der Waals surface area (Å²) in [4.78, 5) is 34.7. The molecule has 0 N–H and O–H groups in total. The molecule has 1 aliphatic rings. The van der Waals surface area contributed by atoms with Gasteiger partial charge >= 0.3 is 0 Å². The van der Waals surface area contributed by atoms with Gasteiger partial charge in [-0.05, 0) is 37.6 Å². The second-order valence-corrected chi connectivity index (χ2v) is 7.98. The molecule has 168 valence electrons. The Morgan fingerprint density at radius 2 is 1.69 bits per heavy atom. The lowest BCUT2D eigenvalue weighted by Gasteiger charge is -2.39. The van der Waals surface area contributed by atoms with Crippen molar-refractivity contribution in [2.75, 3.05) is 32.8 Å². The van der Waals surface area contributed by atoms with E-state index < -0.39 is 0 Å². The van der Waals surface area contributed by atoms with Gasteiger partial charge in [-0.3, -0.25) is 19.1 Å². The van der Waals surface area contributed by atoms with Crippen molar-refractivity contribution in [2.45, 2.75) is 32.9 Å². The zero-order valence-electron chi connectivity index (χ0n) is 18.7. The molecule has 0 saturated carbocycles. The van der Waals surface area contributed by atoms with Crippen molar-refractivity contribution < 1.29 is 9.53 Å². The second kappa shape index (κ2) is 9.96. The first kappa shape index (κ1) is 22.0. The van der Waals surface area contributed by atoms with Gasteiger partial charge < -0.3 is 9.64 Å². The number of para-hydroxylation sites is 2. The van der Waals surface area contributed by atoms with E-state index in [0.29, 0.717) is 30.8 Å². The molecule has 0 spiro atoms. The fraction of sp³-hybridized carbons (Fsp3) is 0.400. The van der Waals surface area contributed by atoms with Gasteiger partial charge in [0.1, 0.15) is 11.6 Å². The number of hydrogen-bond donors (Lipinski definition) is 0. The van der Waals surface area contributed by atoms with Gasteiger partial charge in [-0.15, -0.1) is 0 Å². The summed E-state index contributed by atoms with van der Waals surface area (Å²) in [6, 6.07) is 16.9. The third-order valence-corrected chi connectivity index (χ3v) is 6.11. The predicted octanol–water partition coefficient (Wildman–Crippen LogP) is 3.09. The van der Waals surface area contributed by atoms with Crippen LogP contribution in [-0.2, 0) is 11.3 Å². The smallest absolute Gasteiger partial charge is 0.261 e. The molecule has 7 nitrogen and oxygen atoms in total. The van der Waals surface area contributed by atoms with Gasteiger partial charge in [0.15, 0.2) is 6.61 Å². The first-order chi connectivity index (χ1) is 15.6. The molecule has 1 aromatic heterocycles. The Morgan fingerprint density at radius 3 is 2.38 bits per heavy atom. The van der Waals surface area contributed by atoms with Gasteiger partial charge in [0, 0.05) is 32.7 Å². The summed E-state index contributed by atoms with van der Waals surface area (Å²) in [5, 5.41) is 0.654. The van der Waals surface area contributed by atoms with E-state index in [4.69, 9.17) is 9.72 Å². The highest BCUT2D eigenvalue weighted by atomic mass is 16.5. The highest BCUT2D eigenvalue weighted by molar-refractivity contribution is 5.78. The average Bonchev–Trinajstić information content (AvgIpc) is 2.84. The monoisotopic (exact) mass is 434 g/mol. The van der Waals surface area contributed by atoms with Gasteiger partial charge in [-0.25, -0.2) is 4.98 Å². The molecule has 0 bridgehead atoms. The third-order valence-electron chi connectivity index (χ3n) is 6.11. The molecule has 2 aromatic carbocycles. The Bertz CT molecular complexity index is 1120. The van der Waals surface area contributed by atoms with E-state index in [0.717, 1.165) is 30.9 Å². The van der Waals surface area contributed by atoms with Crippen LogP contribution >= 0.6 is 0 Å². The lowest BCUT2D eigenvalue weighted by molar-refractivity contribution is -0.135.